The molecule has 92 valence electrons. The maximum atomic E-state index is 5.61. The number of hydrogen-bond donors (Lipinski definition) is 2. The van der Waals surface area contributed by atoms with Gasteiger partial charge in [0.2, 0.25) is 0 Å². The molecule has 0 aliphatic carbocycles. The molecule has 0 aliphatic heterocycles. The highest BCUT2D eigenvalue weighted by atomic mass is 32.1. The summed E-state index contributed by atoms with van der Waals surface area (Å²) in [5.74, 6) is 5.59. The lowest BCUT2D eigenvalue weighted by Crippen LogP contribution is -2.31. The quantitative estimate of drug-likeness (QED) is 0.633. The molecule has 0 bridgehead atoms. The highest BCUT2D eigenvalue weighted by molar-refractivity contribution is 7.19. The summed E-state index contributed by atoms with van der Waals surface area (Å²) in [5.41, 5.74) is 2.82. The first-order valence-electron chi connectivity index (χ1n) is 5.77. The molecular weight excluding hydrogens is 232 g/mol. The maximum absolute atomic E-state index is 5.61. The van der Waals surface area contributed by atoms with E-state index in [1.807, 2.05) is 19.9 Å². The summed E-state index contributed by atoms with van der Waals surface area (Å²) in [6, 6.07) is 10.6. The molecular formula is C13H18N2OS. The van der Waals surface area contributed by atoms with Crippen LogP contribution >= 0.6 is 11.3 Å². The molecule has 0 saturated heterocycles. The van der Waals surface area contributed by atoms with E-state index >= 15 is 0 Å². The van der Waals surface area contributed by atoms with Gasteiger partial charge in [0.1, 0.15) is 0 Å². The van der Waals surface area contributed by atoms with Crippen molar-refractivity contribution < 1.29 is 4.74 Å². The fraction of sp³-hybridized carbons (Fsp3) is 0.385. The number of nitrogens with two attached hydrogens (primary N) is 1. The van der Waals surface area contributed by atoms with Gasteiger partial charge in [-0.1, -0.05) is 18.2 Å². The van der Waals surface area contributed by atoms with Gasteiger partial charge in [0.05, 0.1) is 18.8 Å². The van der Waals surface area contributed by atoms with Gasteiger partial charge in [-0.2, -0.15) is 0 Å². The SMILES string of the molecule is CC(C)OCC(NN)c1cc2ccccc2s1. The Labute approximate surface area is 106 Å². The van der Waals surface area contributed by atoms with Crippen molar-refractivity contribution >= 4 is 21.4 Å². The number of fused-ring (bicyclic) bond motifs is 1. The van der Waals surface area contributed by atoms with Crippen LogP contribution in [0.3, 0.4) is 0 Å². The highest BCUT2D eigenvalue weighted by Crippen LogP contribution is 2.29. The second-order valence-electron chi connectivity index (χ2n) is 4.29. The van der Waals surface area contributed by atoms with Crippen LogP contribution < -0.4 is 11.3 Å². The maximum Gasteiger partial charge on any atom is 0.0787 e. The fourth-order valence-electron chi connectivity index (χ4n) is 1.68. The molecule has 2 aromatic rings. The van der Waals surface area contributed by atoms with E-state index in [0.717, 1.165) is 0 Å². The molecule has 0 amide bonds. The van der Waals surface area contributed by atoms with Crippen LogP contribution in [-0.2, 0) is 4.74 Å². The van der Waals surface area contributed by atoms with E-state index in [1.54, 1.807) is 11.3 Å². The van der Waals surface area contributed by atoms with Gasteiger partial charge in [-0.05, 0) is 31.4 Å². The van der Waals surface area contributed by atoms with Crippen LogP contribution in [0.1, 0.15) is 24.8 Å². The van der Waals surface area contributed by atoms with Crippen LogP contribution in [0, 0.1) is 0 Å². The van der Waals surface area contributed by atoms with Crippen LogP contribution in [0.5, 0.6) is 0 Å². The molecule has 17 heavy (non-hydrogen) atoms. The van der Waals surface area contributed by atoms with E-state index in [-0.39, 0.29) is 12.1 Å². The number of hydrazine groups is 1. The number of thiophene rings is 1. The fourth-order valence-corrected chi connectivity index (χ4v) is 2.78. The molecule has 4 heteroatoms. The molecule has 1 unspecified atom stereocenters. The monoisotopic (exact) mass is 250 g/mol. The normalized spacial score (nSPS) is 13.4. The summed E-state index contributed by atoms with van der Waals surface area (Å²) in [4.78, 5) is 1.22. The summed E-state index contributed by atoms with van der Waals surface area (Å²) >= 11 is 1.76. The molecule has 3 N–H and O–H groups in total. The van der Waals surface area contributed by atoms with E-state index in [0.29, 0.717) is 6.61 Å². The molecule has 3 nitrogen and oxygen atoms in total. The summed E-state index contributed by atoms with van der Waals surface area (Å²) in [5, 5.41) is 1.26. The molecule has 0 spiro atoms. The van der Waals surface area contributed by atoms with Gasteiger partial charge in [0, 0.05) is 9.58 Å². The average Bonchev–Trinajstić information content (AvgIpc) is 2.72. The Morgan fingerprint density at radius 1 is 1.35 bits per heavy atom. The second-order valence-corrected chi connectivity index (χ2v) is 5.40. The molecule has 1 aromatic carbocycles. The molecule has 0 aliphatic rings. The smallest absolute Gasteiger partial charge is 0.0787 e. The van der Waals surface area contributed by atoms with Crippen molar-refractivity contribution in [2.75, 3.05) is 6.61 Å². The Morgan fingerprint density at radius 2 is 2.12 bits per heavy atom. The Hall–Kier alpha value is -0.940. The zero-order valence-corrected chi connectivity index (χ0v) is 11.0. The Morgan fingerprint density at radius 3 is 2.76 bits per heavy atom. The zero-order chi connectivity index (χ0) is 12.3. The molecule has 1 atom stereocenters. The van der Waals surface area contributed by atoms with Gasteiger partial charge in [-0.15, -0.1) is 11.3 Å². The van der Waals surface area contributed by atoms with E-state index < -0.39 is 0 Å². The van der Waals surface area contributed by atoms with Crippen LogP contribution in [0.2, 0.25) is 0 Å². The zero-order valence-electron chi connectivity index (χ0n) is 10.1. The first kappa shape index (κ1) is 12.5. The number of nitrogens with one attached hydrogen (secondary N) is 1. The van der Waals surface area contributed by atoms with Crippen molar-refractivity contribution in [2.45, 2.75) is 26.0 Å². The highest BCUT2D eigenvalue weighted by Gasteiger charge is 2.13. The van der Waals surface area contributed by atoms with E-state index in [2.05, 4.69) is 29.7 Å². The largest absolute Gasteiger partial charge is 0.377 e. The summed E-state index contributed by atoms with van der Waals surface area (Å²) < 4.78 is 6.89. The molecule has 0 radical (unpaired) electrons. The van der Waals surface area contributed by atoms with Crippen molar-refractivity contribution in [3.8, 4) is 0 Å². The first-order chi connectivity index (χ1) is 8.20. The summed E-state index contributed by atoms with van der Waals surface area (Å²) in [7, 11) is 0. The second kappa shape index (κ2) is 5.60. The Bertz CT molecular complexity index is 448. The lowest BCUT2D eigenvalue weighted by molar-refractivity contribution is 0.0618. The van der Waals surface area contributed by atoms with Gasteiger partial charge < -0.3 is 4.74 Å². The number of rotatable bonds is 5. The predicted octanol–water partition coefficient (Wildman–Crippen LogP) is 2.83. The standard InChI is InChI=1S/C13H18N2OS/c1-9(2)16-8-11(15-14)13-7-10-5-3-4-6-12(10)17-13/h3-7,9,11,15H,8,14H2,1-2H3. The van der Waals surface area contributed by atoms with E-state index in [4.69, 9.17) is 10.6 Å². The predicted molar refractivity (Wildman–Crippen MR) is 73.0 cm³/mol. The van der Waals surface area contributed by atoms with Crippen LogP contribution in [0.4, 0.5) is 0 Å². The van der Waals surface area contributed by atoms with Crippen molar-refractivity contribution in [3.63, 3.8) is 0 Å². The van der Waals surface area contributed by atoms with Gasteiger partial charge in [0.15, 0.2) is 0 Å². The lowest BCUT2D eigenvalue weighted by atomic mass is 10.2. The number of benzene rings is 1. The lowest BCUT2D eigenvalue weighted by Gasteiger charge is -2.16. The first-order valence-corrected chi connectivity index (χ1v) is 6.58. The number of hydrogen-bond acceptors (Lipinski definition) is 4. The minimum Gasteiger partial charge on any atom is -0.377 e. The summed E-state index contributed by atoms with van der Waals surface area (Å²) in [6.45, 7) is 4.65. The van der Waals surface area contributed by atoms with Crippen LogP contribution in [0.25, 0.3) is 10.1 Å². The Kier molecular flexibility index (Phi) is 4.12. The van der Waals surface area contributed by atoms with Gasteiger partial charge >= 0.3 is 0 Å². The third kappa shape index (κ3) is 3.04. The van der Waals surface area contributed by atoms with E-state index in [1.165, 1.54) is 15.0 Å². The van der Waals surface area contributed by atoms with Crippen molar-refractivity contribution in [1.82, 2.24) is 5.43 Å². The molecule has 0 fully saturated rings. The Balaban J connectivity index is 2.18. The molecule has 1 aromatic heterocycles. The minimum absolute atomic E-state index is 0.0646. The van der Waals surface area contributed by atoms with E-state index in [9.17, 15) is 0 Å². The topological polar surface area (TPSA) is 47.3 Å². The third-order valence-electron chi connectivity index (χ3n) is 2.59. The minimum atomic E-state index is 0.0646. The van der Waals surface area contributed by atoms with Crippen molar-refractivity contribution in [1.29, 1.82) is 0 Å². The summed E-state index contributed by atoms with van der Waals surface area (Å²) in [6.07, 6.45) is 0.222. The van der Waals surface area contributed by atoms with Crippen molar-refractivity contribution in [2.24, 2.45) is 5.84 Å². The van der Waals surface area contributed by atoms with Gasteiger partial charge in [0.25, 0.3) is 0 Å². The molecule has 2 rings (SSSR count). The van der Waals surface area contributed by atoms with Gasteiger partial charge in [-0.25, -0.2) is 5.43 Å². The molecule has 0 saturated carbocycles. The van der Waals surface area contributed by atoms with Crippen LogP contribution in [-0.4, -0.2) is 12.7 Å². The van der Waals surface area contributed by atoms with Crippen LogP contribution in [0.15, 0.2) is 30.3 Å². The number of ether oxygens (including phenoxy) is 1. The third-order valence-corrected chi connectivity index (χ3v) is 3.82. The van der Waals surface area contributed by atoms with Gasteiger partial charge in [-0.3, -0.25) is 5.84 Å². The average molecular weight is 250 g/mol. The van der Waals surface area contributed by atoms with Crippen molar-refractivity contribution in [3.05, 3.63) is 35.2 Å². The molecule has 1 heterocycles.